The van der Waals surface area contributed by atoms with Gasteiger partial charge in [-0.25, -0.2) is 0 Å². The second-order valence-electron chi connectivity index (χ2n) is 4.86. The fourth-order valence-electron chi connectivity index (χ4n) is 2.37. The average molecular weight is 332 g/mol. The van der Waals surface area contributed by atoms with Crippen molar-refractivity contribution in [2.45, 2.75) is 12.5 Å². The van der Waals surface area contributed by atoms with Crippen molar-refractivity contribution in [2.24, 2.45) is 5.73 Å². The topological polar surface area (TPSA) is 26.0 Å². The van der Waals surface area contributed by atoms with E-state index < -0.39 is 5.54 Å². The maximum atomic E-state index is 6.64. The largest absolute Gasteiger partial charge is 0.318 e. The van der Waals surface area contributed by atoms with Crippen LogP contribution in [0.4, 0.5) is 0 Å². The average Bonchev–Trinajstić information content (AvgIpc) is 2.86. The van der Waals surface area contributed by atoms with E-state index in [-0.39, 0.29) is 0 Å². The first-order chi connectivity index (χ1) is 9.09. The van der Waals surface area contributed by atoms with E-state index in [1.165, 1.54) is 15.6 Å². The summed E-state index contributed by atoms with van der Waals surface area (Å²) in [4.78, 5) is 0. The molecule has 96 valence electrons. The number of halogens is 1. The minimum Gasteiger partial charge on any atom is -0.318 e. The fraction of sp³-hybridized carbons (Fsp3) is 0.125. The Labute approximate surface area is 125 Å². The van der Waals surface area contributed by atoms with E-state index >= 15 is 0 Å². The molecular formula is C16H14BrNS. The summed E-state index contributed by atoms with van der Waals surface area (Å²) in [6.07, 6.45) is 0. The van der Waals surface area contributed by atoms with Gasteiger partial charge in [0.2, 0.25) is 0 Å². The second kappa shape index (κ2) is 4.75. The Balaban J connectivity index is 2.21. The number of hydrogen-bond donors (Lipinski definition) is 1. The maximum absolute atomic E-state index is 6.64. The Morgan fingerprint density at radius 2 is 1.89 bits per heavy atom. The lowest BCUT2D eigenvalue weighted by Crippen LogP contribution is -2.34. The summed E-state index contributed by atoms with van der Waals surface area (Å²) in [5.74, 6) is 0. The molecule has 1 atom stereocenters. The molecular weight excluding hydrogens is 318 g/mol. The zero-order valence-corrected chi connectivity index (χ0v) is 13.0. The molecule has 0 fully saturated rings. The number of hydrogen-bond acceptors (Lipinski definition) is 2. The molecule has 0 aliphatic heterocycles. The molecule has 1 heterocycles. The quantitative estimate of drug-likeness (QED) is 0.711. The molecule has 3 rings (SSSR count). The van der Waals surface area contributed by atoms with Crippen molar-refractivity contribution in [3.63, 3.8) is 0 Å². The molecule has 0 spiro atoms. The van der Waals surface area contributed by atoms with Crippen LogP contribution in [0.25, 0.3) is 10.1 Å². The highest BCUT2D eigenvalue weighted by Gasteiger charge is 2.26. The van der Waals surface area contributed by atoms with Gasteiger partial charge in [0.1, 0.15) is 0 Å². The van der Waals surface area contributed by atoms with Gasteiger partial charge >= 0.3 is 0 Å². The van der Waals surface area contributed by atoms with E-state index in [2.05, 4.69) is 64.6 Å². The minimum atomic E-state index is -0.492. The molecule has 1 nitrogen and oxygen atoms in total. The van der Waals surface area contributed by atoms with Gasteiger partial charge in [0, 0.05) is 9.17 Å². The predicted octanol–water partition coefficient (Wildman–Crippen LogP) is 4.89. The number of fused-ring (bicyclic) bond motifs is 1. The smallest absolute Gasteiger partial charge is 0.0651 e. The molecule has 2 N–H and O–H groups in total. The first-order valence-corrected chi connectivity index (χ1v) is 7.78. The zero-order chi connectivity index (χ0) is 13.5. The Morgan fingerprint density at radius 1 is 1.11 bits per heavy atom. The molecule has 0 bridgehead atoms. The van der Waals surface area contributed by atoms with E-state index in [0.29, 0.717) is 0 Å². The Hall–Kier alpha value is -1.16. The van der Waals surface area contributed by atoms with Gasteiger partial charge in [-0.3, -0.25) is 0 Å². The van der Waals surface area contributed by atoms with E-state index in [1.807, 2.05) is 12.1 Å². The third kappa shape index (κ3) is 2.22. The third-order valence-electron chi connectivity index (χ3n) is 3.46. The lowest BCUT2D eigenvalue weighted by atomic mass is 9.85. The van der Waals surface area contributed by atoms with E-state index in [0.717, 1.165) is 10.0 Å². The van der Waals surface area contributed by atoms with Gasteiger partial charge in [-0.15, -0.1) is 11.3 Å². The van der Waals surface area contributed by atoms with Crippen molar-refractivity contribution in [2.75, 3.05) is 0 Å². The van der Waals surface area contributed by atoms with E-state index in [1.54, 1.807) is 11.3 Å². The molecule has 19 heavy (non-hydrogen) atoms. The molecule has 1 aromatic heterocycles. The number of benzene rings is 2. The lowest BCUT2D eigenvalue weighted by Gasteiger charge is -2.27. The maximum Gasteiger partial charge on any atom is 0.0651 e. The van der Waals surface area contributed by atoms with Crippen molar-refractivity contribution in [3.8, 4) is 0 Å². The summed E-state index contributed by atoms with van der Waals surface area (Å²) in [6, 6.07) is 16.7. The first kappa shape index (κ1) is 12.9. The van der Waals surface area contributed by atoms with Crippen molar-refractivity contribution in [1.29, 1.82) is 0 Å². The van der Waals surface area contributed by atoms with Crippen molar-refractivity contribution in [1.82, 2.24) is 0 Å². The summed E-state index contributed by atoms with van der Waals surface area (Å²) >= 11 is 5.26. The van der Waals surface area contributed by atoms with Crippen LogP contribution in [-0.4, -0.2) is 0 Å². The van der Waals surface area contributed by atoms with E-state index in [9.17, 15) is 0 Å². The molecule has 2 aromatic carbocycles. The van der Waals surface area contributed by atoms with Crippen LogP contribution >= 0.6 is 27.3 Å². The van der Waals surface area contributed by atoms with Gasteiger partial charge < -0.3 is 5.73 Å². The molecule has 0 aliphatic carbocycles. The van der Waals surface area contributed by atoms with Gasteiger partial charge in [0.05, 0.1) is 5.54 Å². The minimum absolute atomic E-state index is 0.492. The highest BCUT2D eigenvalue weighted by Crippen LogP contribution is 2.35. The number of nitrogens with two attached hydrogens (primary N) is 1. The van der Waals surface area contributed by atoms with Gasteiger partial charge in [0.25, 0.3) is 0 Å². The summed E-state index contributed by atoms with van der Waals surface area (Å²) in [7, 11) is 0. The zero-order valence-electron chi connectivity index (χ0n) is 10.6. The van der Waals surface area contributed by atoms with Crippen LogP contribution in [0.1, 0.15) is 18.1 Å². The highest BCUT2D eigenvalue weighted by atomic mass is 79.9. The standard InChI is InChI=1S/C16H14BrNS/c1-16(18,12-5-3-6-13(17)10-12)14-7-2-4-11-8-9-19-15(11)14/h2-10H,18H2,1H3. The van der Waals surface area contributed by atoms with Crippen molar-refractivity contribution in [3.05, 3.63) is 69.5 Å². The molecule has 3 aromatic rings. The third-order valence-corrected chi connectivity index (χ3v) is 4.92. The van der Waals surface area contributed by atoms with Crippen LogP contribution in [-0.2, 0) is 5.54 Å². The van der Waals surface area contributed by atoms with Gasteiger partial charge in [-0.05, 0) is 47.0 Å². The molecule has 0 radical (unpaired) electrons. The van der Waals surface area contributed by atoms with Gasteiger partial charge in [0.15, 0.2) is 0 Å². The summed E-state index contributed by atoms with van der Waals surface area (Å²) in [6.45, 7) is 2.07. The van der Waals surface area contributed by atoms with Crippen molar-refractivity contribution >= 4 is 37.4 Å². The second-order valence-corrected chi connectivity index (χ2v) is 6.69. The number of rotatable bonds is 2. The molecule has 0 aliphatic rings. The molecule has 0 saturated carbocycles. The normalized spacial score (nSPS) is 14.5. The molecule has 0 saturated heterocycles. The first-order valence-electron chi connectivity index (χ1n) is 6.10. The fourth-order valence-corrected chi connectivity index (χ4v) is 3.80. The highest BCUT2D eigenvalue weighted by molar-refractivity contribution is 9.10. The van der Waals surface area contributed by atoms with Gasteiger partial charge in [-0.1, -0.05) is 46.3 Å². The summed E-state index contributed by atoms with van der Waals surface area (Å²) in [5.41, 5.74) is 8.44. The monoisotopic (exact) mass is 331 g/mol. The van der Waals surface area contributed by atoms with Crippen LogP contribution in [0.5, 0.6) is 0 Å². The van der Waals surface area contributed by atoms with Crippen molar-refractivity contribution < 1.29 is 0 Å². The molecule has 0 amide bonds. The Morgan fingerprint density at radius 3 is 2.68 bits per heavy atom. The Bertz CT molecular complexity index is 730. The van der Waals surface area contributed by atoms with Crippen LogP contribution in [0.3, 0.4) is 0 Å². The number of thiophene rings is 1. The van der Waals surface area contributed by atoms with Crippen LogP contribution in [0.2, 0.25) is 0 Å². The molecule has 1 unspecified atom stereocenters. The van der Waals surface area contributed by atoms with Gasteiger partial charge in [-0.2, -0.15) is 0 Å². The molecule has 3 heteroatoms. The lowest BCUT2D eigenvalue weighted by molar-refractivity contribution is 0.609. The summed E-state index contributed by atoms with van der Waals surface area (Å²) < 4.78 is 2.33. The van der Waals surface area contributed by atoms with E-state index in [4.69, 9.17) is 5.73 Å². The van der Waals surface area contributed by atoms with Crippen LogP contribution < -0.4 is 5.73 Å². The predicted molar refractivity (Wildman–Crippen MR) is 86.6 cm³/mol. The van der Waals surface area contributed by atoms with Crippen LogP contribution in [0.15, 0.2) is 58.4 Å². The summed E-state index contributed by atoms with van der Waals surface area (Å²) in [5, 5.41) is 3.37. The Kier molecular flexibility index (Phi) is 3.21. The van der Waals surface area contributed by atoms with Crippen LogP contribution in [0, 0.1) is 0 Å². The SMILES string of the molecule is CC(N)(c1cccc(Br)c1)c1cccc2ccsc12.